The minimum atomic E-state index is -1.58. The molecule has 1 rings (SSSR count). The maximum Gasteiger partial charge on any atom is 0.305 e. The van der Waals surface area contributed by atoms with E-state index < -0.39 is 49.5 Å². The second-order valence-corrected chi connectivity index (χ2v) is 29.5. The Hall–Kier alpha value is -2.38. The molecule has 570 valence electrons. The third-order valence-corrected chi connectivity index (χ3v) is 20.2. The molecule has 7 atom stereocenters. The van der Waals surface area contributed by atoms with Crippen molar-refractivity contribution in [1.29, 1.82) is 0 Å². The Bertz CT molecular complexity index is 1750. The van der Waals surface area contributed by atoms with Crippen LogP contribution in [0.25, 0.3) is 0 Å². The molecule has 1 aliphatic heterocycles. The van der Waals surface area contributed by atoms with E-state index in [0.717, 1.165) is 57.8 Å². The lowest BCUT2D eigenvalue weighted by Gasteiger charge is -2.40. The SMILES string of the molecule is CCCCCCCCCCC/C=C/CC/C=C/C(O)C(COC1OC(CO)C(O)C(O)C1O)NC(=O)CCCCCCCCCCCCCCCCCCC/C=C\C/C=C\CCCCCCCCCCCCCCCCCOC(=O)CCCCCCCCCCCCCCCCC. The first-order valence-electron chi connectivity index (χ1n) is 42.4. The van der Waals surface area contributed by atoms with Crippen molar-refractivity contribution in [2.45, 2.75) is 468 Å². The molecule has 0 aromatic rings. The van der Waals surface area contributed by atoms with Crippen LogP contribution in [-0.2, 0) is 23.8 Å². The molecule has 7 unspecified atom stereocenters. The average molecular weight is 1370 g/mol. The van der Waals surface area contributed by atoms with Crippen LogP contribution in [0.4, 0.5) is 0 Å². The summed E-state index contributed by atoms with van der Waals surface area (Å²) in [5.41, 5.74) is 0. The molecule has 6 N–H and O–H groups in total. The fraction of sp³-hybridized carbons (Fsp3) is 0.884. The Morgan fingerprint density at radius 2 is 0.701 bits per heavy atom. The summed E-state index contributed by atoms with van der Waals surface area (Å²) < 4.78 is 16.8. The molecule has 0 radical (unpaired) electrons. The molecule has 1 heterocycles. The summed E-state index contributed by atoms with van der Waals surface area (Å²) >= 11 is 0. The lowest BCUT2D eigenvalue weighted by molar-refractivity contribution is -0.302. The zero-order chi connectivity index (χ0) is 70.1. The van der Waals surface area contributed by atoms with Gasteiger partial charge in [0.1, 0.15) is 24.4 Å². The number of carbonyl (C=O) groups excluding carboxylic acids is 2. The van der Waals surface area contributed by atoms with Gasteiger partial charge in [-0.3, -0.25) is 9.59 Å². The van der Waals surface area contributed by atoms with Crippen molar-refractivity contribution in [2.75, 3.05) is 19.8 Å². The molecule has 1 fully saturated rings. The van der Waals surface area contributed by atoms with Crippen LogP contribution in [-0.4, -0.2) is 100 Å². The van der Waals surface area contributed by atoms with Crippen molar-refractivity contribution in [3.63, 3.8) is 0 Å². The number of nitrogens with one attached hydrogen (secondary N) is 1. The number of aliphatic hydroxyl groups is 5. The summed E-state index contributed by atoms with van der Waals surface area (Å²) in [5, 5.41) is 54.6. The molecule has 0 saturated carbocycles. The van der Waals surface area contributed by atoms with Gasteiger partial charge in [0, 0.05) is 12.8 Å². The summed E-state index contributed by atoms with van der Waals surface area (Å²) in [6.45, 7) is 4.39. The van der Waals surface area contributed by atoms with Crippen LogP contribution < -0.4 is 5.32 Å². The normalized spacial score (nSPS) is 17.5. The molecule has 11 nitrogen and oxygen atoms in total. The second-order valence-electron chi connectivity index (χ2n) is 29.5. The highest BCUT2D eigenvalue weighted by Gasteiger charge is 2.44. The Morgan fingerprint density at radius 3 is 1.08 bits per heavy atom. The van der Waals surface area contributed by atoms with Crippen molar-refractivity contribution < 1.29 is 49.3 Å². The van der Waals surface area contributed by atoms with Gasteiger partial charge in [-0.1, -0.05) is 383 Å². The van der Waals surface area contributed by atoms with Crippen molar-refractivity contribution in [1.82, 2.24) is 5.32 Å². The standard InChI is InChI=1S/C86H161NO10/c1-3-5-7-9-11-13-15-17-44-48-52-56-60-64-68-72-79(89)78(77-96-86-85(94)84(93)83(92)80(76-88)97-86)87-81(90)73-69-65-61-57-53-49-46-42-40-38-36-34-32-30-28-26-24-22-20-19-21-23-25-27-29-31-33-35-37-39-41-43-47-51-55-59-63-67-71-75-95-82(91)74-70-66-62-58-54-50-45-18-16-14-12-10-8-6-4-2/h19-20,23,25,52,56,68,72,78-80,83-86,88-89,92-94H,3-18,21-22,24,26-51,53-55,57-67,69-71,73-77H2,1-2H3,(H,87,90)/b20-19-,25-23-,56-52+,72-68+. The Balaban J connectivity index is 1.91. The first-order chi connectivity index (χ1) is 47.7. The van der Waals surface area contributed by atoms with E-state index in [-0.39, 0.29) is 18.5 Å². The van der Waals surface area contributed by atoms with Crippen molar-refractivity contribution in [3.8, 4) is 0 Å². The highest BCUT2D eigenvalue weighted by Crippen LogP contribution is 2.24. The van der Waals surface area contributed by atoms with E-state index in [0.29, 0.717) is 19.4 Å². The molecular weight excluding hydrogens is 1210 g/mol. The molecular formula is C86H161NO10. The first-order valence-corrected chi connectivity index (χ1v) is 42.4. The number of ether oxygens (including phenoxy) is 3. The summed E-state index contributed by atoms with van der Waals surface area (Å²) in [6, 6.07) is -0.826. The Labute approximate surface area is 599 Å². The summed E-state index contributed by atoms with van der Waals surface area (Å²) in [7, 11) is 0. The molecule has 1 amide bonds. The number of unbranched alkanes of at least 4 members (excludes halogenated alkanes) is 56. The number of esters is 1. The molecule has 0 spiro atoms. The van der Waals surface area contributed by atoms with E-state index in [1.54, 1.807) is 6.08 Å². The van der Waals surface area contributed by atoms with Gasteiger partial charge in [0.15, 0.2) is 6.29 Å². The fourth-order valence-electron chi connectivity index (χ4n) is 13.5. The maximum atomic E-state index is 13.1. The van der Waals surface area contributed by atoms with Crippen LogP contribution in [0.5, 0.6) is 0 Å². The molecule has 0 aromatic carbocycles. The number of amides is 1. The van der Waals surface area contributed by atoms with E-state index >= 15 is 0 Å². The third kappa shape index (κ3) is 63.1. The molecule has 1 saturated heterocycles. The lowest BCUT2D eigenvalue weighted by Crippen LogP contribution is -2.60. The number of aliphatic hydroxyl groups excluding tert-OH is 5. The average Bonchev–Trinajstić information content (AvgIpc) is 0.839. The predicted octanol–water partition coefficient (Wildman–Crippen LogP) is 23.4. The predicted molar refractivity (Wildman–Crippen MR) is 412 cm³/mol. The molecule has 11 heteroatoms. The van der Waals surface area contributed by atoms with E-state index in [2.05, 4.69) is 55.6 Å². The van der Waals surface area contributed by atoms with E-state index in [1.165, 1.54) is 340 Å². The quantitative estimate of drug-likeness (QED) is 0.0195. The Morgan fingerprint density at radius 1 is 0.381 bits per heavy atom. The number of carbonyl (C=O) groups is 2. The molecule has 0 aromatic heterocycles. The minimum Gasteiger partial charge on any atom is -0.466 e. The zero-order valence-electron chi connectivity index (χ0n) is 63.8. The zero-order valence-corrected chi connectivity index (χ0v) is 63.8. The monoisotopic (exact) mass is 1370 g/mol. The van der Waals surface area contributed by atoms with Crippen LogP contribution in [0, 0.1) is 0 Å². The maximum absolute atomic E-state index is 13.1. The molecule has 0 aliphatic carbocycles. The fourth-order valence-corrected chi connectivity index (χ4v) is 13.5. The van der Waals surface area contributed by atoms with Gasteiger partial charge >= 0.3 is 5.97 Å². The highest BCUT2D eigenvalue weighted by atomic mass is 16.7. The molecule has 97 heavy (non-hydrogen) atoms. The topological polar surface area (TPSA) is 175 Å². The highest BCUT2D eigenvalue weighted by molar-refractivity contribution is 5.76. The number of rotatable bonds is 76. The van der Waals surface area contributed by atoms with Gasteiger partial charge in [0.25, 0.3) is 0 Å². The second kappa shape index (κ2) is 74.8. The van der Waals surface area contributed by atoms with Gasteiger partial charge in [0.05, 0.1) is 32.0 Å². The van der Waals surface area contributed by atoms with Crippen molar-refractivity contribution in [3.05, 3.63) is 48.6 Å². The minimum absolute atomic E-state index is 0.0180. The van der Waals surface area contributed by atoms with Crippen LogP contribution in [0.15, 0.2) is 48.6 Å². The van der Waals surface area contributed by atoms with Crippen molar-refractivity contribution >= 4 is 11.9 Å². The summed E-state index contributed by atoms with van der Waals surface area (Å²) in [5.74, 6) is -0.168. The van der Waals surface area contributed by atoms with Crippen LogP contribution >= 0.6 is 0 Å². The van der Waals surface area contributed by atoms with Gasteiger partial charge in [-0.2, -0.15) is 0 Å². The number of hydrogen-bond donors (Lipinski definition) is 6. The third-order valence-electron chi connectivity index (χ3n) is 20.2. The van der Waals surface area contributed by atoms with Crippen LogP contribution in [0.3, 0.4) is 0 Å². The lowest BCUT2D eigenvalue weighted by atomic mass is 9.99. The van der Waals surface area contributed by atoms with Gasteiger partial charge in [0.2, 0.25) is 5.91 Å². The van der Waals surface area contributed by atoms with E-state index in [9.17, 15) is 35.1 Å². The Kier molecular flexibility index (Phi) is 71.4. The smallest absolute Gasteiger partial charge is 0.305 e. The largest absolute Gasteiger partial charge is 0.466 e. The summed E-state index contributed by atoms with van der Waals surface area (Å²) in [4.78, 5) is 25.2. The van der Waals surface area contributed by atoms with Crippen LogP contribution in [0.2, 0.25) is 0 Å². The number of allylic oxidation sites excluding steroid dienone is 7. The first kappa shape index (κ1) is 92.6. The van der Waals surface area contributed by atoms with Gasteiger partial charge in [-0.25, -0.2) is 0 Å². The van der Waals surface area contributed by atoms with E-state index in [1.807, 2.05) is 6.08 Å². The van der Waals surface area contributed by atoms with Crippen molar-refractivity contribution in [2.24, 2.45) is 0 Å². The van der Waals surface area contributed by atoms with Gasteiger partial charge in [-0.05, 0) is 77.0 Å². The van der Waals surface area contributed by atoms with Gasteiger partial charge < -0.3 is 45.1 Å². The number of hydrogen-bond acceptors (Lipinski definition) is 10. The van der Waals surface area contributed by atoms with Gasteiger partial charge in [-0.15, -0.1) is 0 Å². The van der Waals surface area contributed by atoms with E-state index in [4.69, 9.17) is 14.2 Å². The van der Waals surface area contributed by atoms with Crippen LogP contribution in [0.1, 0.15) is 425 Å². The molecule has 1 aliphatic rings. The molecule has 0 bridgehead atoms. The summed E-state index contributed by atoms with van der Waals surface area (Å²) in [6.07, 6.45) is 90.1.